The van der Waals surface area contributed by atoms with E-state index in [-0.39, 0.29) is 0 Å². The van der Waals surface area contributed by atoms with Crippen LogP contribution in [0, 0.1) is 0 Å². The van der Waals surface area contributed by atoms with Crippen molar-refractivity contribution in [3.8, 4) is 78.6 Å². The van der Waals surface area contributed by atoms with Crippen molar-refractivity contribution in [3.63, 3.8) is 0 Å². The van der Waals surface area contributed by atoms with Crippen LogP contribution in [0.25, 0.3) is 55.6 Å². The highest BCUT2D eigenvalue weighted by atomic mass is 16.6. The molecule has 0 aromatic heterocycles. The van der Waals surface area contributed by atoms with Crippen molar-refractivity contribution in [1.29, 1.82) is 0 Å². The van der Waals surface area contributed by atoms with Crippen molar-refractivity contribution < 1.29 is 9.47 Å². The number of para-hydroxylation sites is 1. The largest absolute Gasteiger partial charge is 0.449 e. The van der Waals surface area contributed by atoms with Gasteiger partial charge in [0.25, 0.3) is 0 Å². The first kappa shape index (κ1) is 36.3. The molecule has 0 fully saturated rings. The predicted octanol–water partition coefficient (Wildman–Crippen LogP) is 16.4. The normalized spacial score (nSPS) is 13.1. The second kappa shape index (κ2) is 14.3. The Bertz CT molecular complexity index is 3420. The predicted molar refractivity (Wildman–Crippen MR) is 260 cm³/mol. The first-order valence-corrected chi connectivity index (χ1v) is 21.9. The average molecular weight is 818 g/mol. The summed E-state index contributed by atoms with van der Waals surface area (Å²) < 4.78 is 14.2. The summed E-state index contributed by atoms with van der Waals surface area (Å²) in [6, 6.07) is 84.7. The molecular weight excluding hydrogens is 779 g/mol. The van der Waals surface area contributed by atoms with Crippen LogP contribution in [0.3, 0.4) is 0 Å². The Morgan fingerprint density at radius 2 is 0.719 bits per heavy atom. The summed E-state index contributed by atoms with van der Waals surface area (Å²) in [7, 11) is 0. The first-order chi connectivity index (χ1) is 31.7. The molecule has 3 nitrogen and oxygen atoms in total. The number of rotatable bonds is 6. The van der Waals surface area contributed by atoms with Gasteiger partial charge in [0.15, 0.2) is 23.0 Å². The van der Waals surface area contributed by atoms with E-state index in [1.54, 1.807) is 0 Å². The van der Waals surface area contributed by atoms with Crippen LogP contribution in [0.4, 0.5) is 17.1 Å². The van der Waals surface area contributed by atoms with Gasteiger partial charge in [0.1, 0.15) is 0 Å². The smallest absolute Gasteiger partial charge is 0.194 e. The molecule has 0 atom stereocenters. The van der Waals surface area contributed by atoms with Crippen LogP contribution in [0.1, 0.15) is 22.3 Å². The van der Waals surface area contributed by atoms with Gasteiger partial charge in [0.2, 0.25) is 0 Å². The van der Waals surface area contributed by atoms with E-state index in [1.165, 1.54) is 50.1 Å². The molecule has 13 rings (SSSR count). The molecule has 1 aliphatic heterocycles. The number of anilines is 3. The lowest BCUT2D eigenvalue weighted by molar-refractivity contribution is 0.360. The summed E-state index contributed by atoms with van der Waals surface area (Å²) in [6.07, 6.45) is 0. The molecule has 0 saturated carbocycles. The lowest BCUT2D eigenvalue weighted by Crippen LogP contribution is -2.25. The summed E-state index contributed by atoms with van der Waals surface area (Å²) in [5.41, 5.74) is 19.3. The molecule has 0 bridgehead atoms. The van der Waals surface area contributed by atoms with Crippen molar-refractivity contribution in [2.24, 2.45) is 0 Å². The zero-order valence-corrected chi connectivity index (χ0v) is 34.8. The second-order valence-corrected chi connectivity index (χ2v) is 16.8. The van der Waals surface area contributed by atoms with Gasteiger partial charge >= 0.3 is 0 Å². The quantitative estimate of drug-likeness (QED) is 0.167. The Morgan fingerprint density at radius 3 is 1.31 bits per heavy atom. The highest BCUT2D eigenvalue weighted by molar-refractivity contribution is 5.96. The maximum Gasteiger partial charge on any atom is 0.194 e. The van der Waals surface area contributed by atoms with Gasteiger partial charge in [-0.3, -0.25) is 0 Å². The molecule has 64 heavy (non-hydrogen) atoms. The maximum absolute atomic E-state index is 7.19. The van der Waals surface area contributed by atoms with Crippen molar-refractivity contribution >= 4 is 17.1 Å². The molecule has 3 aliphatic rings. The fourth-order valence-electron chi connectivity index (χ4n) is 10.6. The molecule has 2 aliphatic carbocycles. The van der Waals surface area contributed by atoms with Crippen molar-refractivity contribution in [2.75, 3.05) is 4.90 Å². The Balaban J connectivity index is 0.965. The minimum absolute atomic E-state index is 0.480. The van der Waals surface area contributed by atoms with Crippen LogP contribution in [-0.4, -0.2) is 0 Å². The third-order valence-corrected chi connectivity index (χ3v) is 13.3. The number of nitrogens with zero attached hydrogens (tertiary/aromatic N) is 1. The van der Waals surface area contributed by atoms with Crippen molar-refractivity contribution in [1.82, 2.24) is 0 Å². The van der Waals surface area contributed by atoms with Crippen LogP contribution < -0.4 is 14.4 Å². The van der Waals surface area contributed by atoms with Crippen LogP contribution in [-0.2, 0) is 5.41 Å². The topological polar surface area (TPSA) is 21.7 Å². The SMILES string of the molecule is c1ccc(-c2cccc(-c3cccc(N(c4cccc(-c5ccccc5)c4)c4cccc5c4Oc4cc6c(cc4O5)C4(c5ccccc5-c5ccccc54)c4ccccc4-6)c3)c2)cc1. The van der Waals surface area contributed by atoms with Crippen LogP contribution in [0.15, 0.2) is 237 Å². The third-order valence-electron chi connectivity index (χ3n) is 13.3. The van der Waals surface area contributed by atoms with Gasteiger partial charge in [-0.2, -0.15) is 0 Å². The molecule has 300 valence electrons. The van der Waals surface area contributed by atoms with E-state index in [0.29, 0.717) is 23.0 Å². The van der Waals surface area contributed by atoms with Crippen LogP contribution in [0.5, 0.6) is 23.0 Å². The first-order valence-electron chi connectivity index (χ1n) is 21.9. The zero-order valence-electron chi connectivity index (χ0n) is 34.8. The lowest BCUT2D eigenvalue weighted by atomic mass is 9.70. The number of hydrogen-bond donors (Lipinski definition) is 0. The standard InChI is InChI=1S/C61H39NO2/c1-3-17-40(18-4-1)42-21-13-22-43(35-42)45-24-15-26-47(37-45)62(46-25-14-23-44(36-46)41-19-5-2-6-20-41)56-33-16-34-57-60(56)64-58-38-51-50-29-9-12-32-54(50)61(55(51)39-59(58)63-57)52-30-10-7-27-48(52)49-28-8-11-31-53(49)61/h1-39H. The summed E-state index contributed by atoms with van der Waals surface area (Å²) >= 11 is 0. The molecule has 0 saturated heterocycles. The minimum atomic E-state index is -0.480. The Kier molecular flexibility index (Phi) is 8.13. The molecule has 1 heterocycles. The average Bonchev–Trinajstić information content (AvgIpc) is 3.83. The van der Waals surface area contributed by atoms with Crippen molar-refractivity contribution in [3.05, 3.63) is 259 Å². The highest BCUT2D eigenvalue weighted by Crippen LogP contribution is 2.65. The number of ether oxygens (including phenoxy) is 2. The summed E-state index contributed by atoms with van der Waals surface area (Å²) in [5.74, 6) is 2.72. The van der Waals surface area contributed by atoms with Crippen molar-refractivity contribution in [2.45, 2.75) is 5.41 Å². The molecule has 10 aromatic rings. The highest BCUT2D eigenvalue weighted by Gasteiger charge is 2.52. The minimum Gasteiger partial charge on any atom is -0.449 e. The fourth-order valence-corrected chi connectivity index (χ4v) is 10.6. The molecule has 1 spiro atoms. The Morgan fingerprint density at radius 1 is 0.281 bits per heavy atom. The fraction of sp³-hybridized carbons (Fsp3) is 0.0164. The van der Waals surface area contributed by atoms with E-state index in [2.05, 4.69) is 235 Å². The Labute approximate surface area is 372 Å². The molecule has 0 radical (unpaired) electrons. The van der Waals surface area contributed by atoms with Gasteiger partial charge in [-0.05, 0) is 132 Å². The summed E-state index contributed by atoms with van der Waals surface area (Å²) in [6.45, 7) is 0. The number of hydrogen-bond acceptors (Lipinski definition) is 3. The monoisotopic (exact) mass is 817 g/mol. The van der Waals surface area contributed by atoms with Gasteiger partial charge in [-0.15, -0.1) is 0 Å². The van der Waals surface area contributed by atoms with Gasteiger partial charge < -0.3 is 14.4 Å². The molecule has 0 N–H and O–H groups in total. The van der Waals surface area contributed by atoms with E-state index in [4.69, 9.17) is 9.47 Å². The van der Waals surface area contributed by atoms with Gasteiger partial charge in [-0.1, -0.05) is 182 Å². The number of fused-ring (bicyclic) bond motifs is 12. The lowest BCUT2D eigenvalue weighted by Gasteiger charge is -2.32. The molecule has 0 amide bonds. The molecular formula is C61H39NO2. The summed E-state index contributed by atoms with van der Waals surface area (Å²) in [4.78, 5) is 2.30. The maximum atomic E-state index is 7.19. The zero-order chi connectivity index (χ0) is 42.2. The number of benzene rings is 10. The van der Waals surface area contributed by atoms with E-state index in [9.17, 15) is 0 Å². The van der Waals surface area contributed by atoms with Gasteiger partial charge in [0.05, 0.1) is 11.1 Å². The van der Waals surface area contributed by atoms with E-state index < -0.39 is 5.41 Å². The summed E-state index contributed by atoms with van der Waals surface area (Å²) in [5, 5.41) is 0. The van der Waals surface area contributed by atoms with Gasteiger partial charge in [0, 0.05) is 11.4 Å². The van der Waals surface area contributed by atoms with E-state index in [0.717, 1.165) is 44.9 Å². The van der Waals surface area contributed by atoms with E-state index >= 15 is 0 Å². The molecule has 0 unspecified atom stereocenters. The van der Waals surface area contributed by atoms with Gasteiger partial charge in [-0.25, -0.2) is 0 Å². The molecule has 3 heteroatoms. The third kappa shape index (κ3) is 5.47. The van der Waals surface area contributed by atoms with E-state index in [1.807, 2.05) is 6.07 Å². The Hall–Kier alpha value is -8.40. The van der Waals surface area contributed by atoms with Crippen LogP contribution in [0.2, 0.25) is 0 Å². The second-order valence-electron chi connectivity index (χ2n) is 16.8. The van der Waals surface area contributed by atoms with Crippen LogP contribution >= 0.6 is 0 Å². The molecule has 10 aromatic carbocycles.